The summed E-state index contributed by atoms with van der Waals surface area (Å²) in [5, 5.41) is 20.6. The number of benzene rings is 3. The number of methoxy groups -OCH3 is 2. The average molecular weight is 653 g/mol. The summed E-state index contributed by atoms with van der Waals surface area (Å²) >= 11 is 2.66. The molecular formula is C34H32N6O4S2. The molecule has 12 heteroatoms. The van der Waals surface area contributed by atoms with Crippen LogP contribution in [-0.2, 0) is 11.3 Å². The number of aryl methyl sites for hydroxylation is 1. The fourth-order valence-corrected chi connectivity index (χ4v) is 6.63. The minimum atomic E-state index is -0.284. The highest BCUT2D eigenvalue weighted by molar-refractivity contribution is 7.99. The van der Waals surface area contributed by atoms with Gasteiger partial charge in [-0.2, -0.15) is 5.10 Å². The normalized spacial score (nSPS) is 14.2. The molecule has 10 nitrogen and oxygen atoms in total. The molecule has 1 N–H and O–H groups in total. The fraction of sp³-hybridized carbons (Fsp3) is 0.206. The predicted molar refractivity (Wildman–Crippen MR) is 179 cm³/mol. The number of ether oxygens (including phenoxy) is 2. The van der Waals surface area contributed by atoms with E-state index < -0.39 is 0 Å². The van der Waals surface area contributed by atoms with E-state index in [-0.39, 0.29) is 30.2 Å². The zero-order chi connectivity index (χ0) is 32.0. The number of nitrogens with zero attached hydrogens (tertiary/aromatic N) is 5. The van der Waals surface area contributed by atoms with Gasteiger partial charge in [0.1, 0.15) is 11.5 Å². The van der Waals surface area contributed by atoms with Gasteiger partial charge in [-0.1, -0.05) is 42.1 Å². The van der Waals surface area contributed by atoms with Crippen LogP contribution in [0.2, 0.25) is 0 Å². The molecule has 1 aliphatic heterocycles. The topological polar surface area (TPSA) is 111 Å². The lowest BCUT2D eigenvalue weighted by atomic mass is 9.98. The minimum Gasteiger partial charge on any atom is -0.497 e. The molecule has 46 heavy (non-hydrogen) atoms. The number of nitrogens with one attached hydrogen (secondary N) is 1. The van der Waals surface area contributed by atoms with Crippen molar-refractivity contribution >= 4 is 40.6 Å². The van der Waals surface area contributed by atoms with Crippen LogP contribution in [0.1, 0.15) is 44.6 Å². The molecular weight excluding hydrogens is 621 g/mol. The highest BCUT2D eigenvalue weighted by Gasteiger charge is 2.33. The Balaban J connectivity index is 1.25. The van der Waals surface area contributed by atoms with Gasteiger partial charge in [0.25, 0.3) is 11.8 Å². The Morgan fingerprint density at radius 2 is 1.70 bits per heavy atom. The summed E-state index contributed by atoms with van der Waals surface area (Å²) < 4.78 is 12.6. The summed E-state index contributed by atoms with van der Waals surface area (Å²) in [4.78, 5) is 27.2. The van der Waals surface area contributed by atoms with Crippen LogP contribution in [0.4, 0.5) is 0 Å². The van der Waals surface area contributed by atoms with Crippen molar-refractivity contribution in [3.05, 3.63) is 118 Å². The zero-order valence-electron chi connectivity index (χ0n) is 25.5. The van der Waals surface area contributed by atoms with E-state index in [1.807, 2.05) is 95.7 Å². The number of carbonyl (C=O) groups excluding carboxylic acids is 2. The number of hydrogen-bond donors (Lipinski definition) is 1. The predicted octanol–water partition coefficient (Wildman–Crippen LogP) is 6.05. The Morgan fingerprint density at radius 1 is 0.957 bits per heavy atom. The van der Waals surface area contributed by atoms with Gasteiger partial charge in [-0.3, -0.25) is 14.2 Å². The third-order valence-corrected chi connectivity index (χ3v) is 9.31. The smallest absolute Gasteiger partial charge is 0.261 e. The number of rotatable bonds is 11. The van der Waals surface area contributed by atoms with Gasteiger partial charge >= 0.3 is 0 Å². The van der Waals surface area contributed by atoms with E-state index >= 15 is 0 Å². The van der Waals surface area contributed by atoms with Crippen molar-refractivity contribution in [3.8, 4) is 17.2 Å². The van der Waals surface area contributed by atoms with Crippen molar-refractivity contribution in [2.24, 2.45) is 5.10 Å². The van der Waals surface area contributed by atoms with Crippen molar-refractivity contribution in [2.75, 3.05) is 20.0 Å². The number of aromatic nitrogens is 3. The second-order valence-corrected chi connectivity index (χ2v) is 12.4. The third kappa shape index (κ3) is 6.82. The maximum atomic E-state index is 13.9. The maximum Gasteiger partial charge on any atom is 0.261 e. The van der Waals surface area contributed by atoms with Crippen LogP contribution in [0.3, 0.4) is 0 Å². The first-order chi connectivity index (χ1) is 22.4. The van der Waals surface area contributed by atoms with E-state index in [0.717, 1.165) is 39.6 Å². The molecule has 2 amide bonds. The Hall–Kier alpha value is -4.94. The van der Waals surface area contributed by atoms with E-state index in [9.17, 15) is 9.59 Å². The van der Waals surface area contributed by atoms with Crippen molar-refractivity contribution in [1.29, 1.82) is 0 Å². The lowest BCUT2D eigenvalue weighted by molar-refractivity contribution is -0.130. The summed E-state index contributed by atoms with van der Waals surface area (Å²) in [7, 11) is 3.25. The van der Waals surface area contributed by atoms with Gasteiger partial charge < -0.3 is 14.8 Å². The summed E-state index contributed by atoms with van der Waals surface area (Å²) in [5.41, 5.74) is 4.60. The Morgan fingerprint density at radius 3 is 2.37 bits per heavy atom. The summed E-state index contributed by atoms with van der Waals surface area (Å²) in [5.74, 6) is 1.79. The van der Waals surface area contributed by atoms with Gasteiger partial charge in [0, 0.05) is 12.1 Å². The molecule has 2 aromatic heterocycles. The molecule has 0 unspecified atom stereocenters. The lowest BCUT2D eigenvalue weighted by Gasteiger charge is -2.22. The largest absolute Gasteiger partial charge is 0.497 e. The lowest BCUT2D eigenvalue weighted by Crippen LogP contribution is -2.28. The van der Waals surface area contributed by atoms with Crippen molar-refractivity contribution in [3.63, 3.8) is 0 Å². The molecule has 1 aliphatic rings. The second kappa shape index (κ2) is 14.0. The average Bonchev–Trinajstić information content (AvgIpc) is 3.87. The van der Waals surface area contributed by atoms with Gasteiger partial charge in [0.2, 0.25) is 0 Å². The molecule has 0 spiro atoms. The molecule has 0 saturated heterocycles. The van der Waals surface area contributed by atoms with Gasteiger partial charge in [-0.25, -0.2) is 5.01 Å². The minimum absolute atomic E-state index is 0.0809. The molecule has 0 saturated carbocycles. The van der Waals surface area contributed by atoms with E-state index in [1.165, 1.54) is 23.1 Å². The summed E-state index contributed by atoms with van der Waals surface area (Å²) in [6.45, 7) is 2.18. The molecule has 5 aromatic rings. The Labute approximate surface area is 275 Å². The standard InChI is InChI=1S/C34H32N6O4S2/c1-22-6-4-7-25(18-22)39-31(20-35-33(42)30-8-5-17-45-30)36-37-34(39)46-21-32(41)40-29(24-11-15-27(44-3)16-12-24)19-28(38-40)23-9-13-26(43-2)14-10-23/h4-18,29H,19-21H2,1-3H3,(H,35,42)/t29-/m1/s1. The Kier molecular flexibility index (Phi) is 9.46. The van der Waals surface area contributed by atoms with Crippen LogP contribution in [0, 0.1) is 6.92 Å². The van der Waals surface area contributed by atoms with Gasteiger partial charge in [0.15, 0.2) is 11.0 Å². The highest BCUT2D eigenvalue weighted by atomic mass is 32.2. The van der Waals surface area contributed by atoms with Gasteiger partial charge in [0.05, 0.1) is 43.1 Å². The van der Waals surface area contributed by atoms with Gasteiger partial charge in [-0.05, 0) is 83.6 Å². The molecule has 0 radical (unpaired) electrons. The van der Waals surface area contributed by atoms with Crippen LogP contribution in [0.25, 0.3) is 5.69 Å². The monoisotopic (exact) mass is 652 g/mol. The Bertz CT molecular complexity index is 1850. The van der Waals surface area contributed by atoms with Crippen molar-refractivity contribution in [2.45, 2.75) is 31.1 Å². The van der Waals surface area contributed by atoms with E-state index in [0.29, 0.717) is 22.3 Å². The van der Waals surface area contributed by atoms with Gasteiger partial charge in [-0.15, -0.1) is 21.5 Å². The maximum absolute atomic E-state index is 13.9. The summed E-state index contributed by atoms with van der Waals surface area (Å²) in [6, 6.07) is 26.7. The van der Waals surface area contributed by atoms with Crippen LogP contribution in [0.5, 0.6) is 11.5 Å². The molecule has 3 heterocycles. The highest BCUT2D eigenvalue weighted by Crippen LogP contribution is 2.35. The van der Waals surface area contributed by atoms with Crippen molar-refractivity contribution < 1.29 is 19.1 Å². The fourth-order valence-electron chi connectivity index (χ4n) is 5.17. The first-order valence-electron chi connectivity index (χ1n) is 14.6. The van der Waals surface area contributed by atoms with Crippen LogP contribution in [0.15, 0.2) is 101 Å². The third-order valence-electron chi connectivity index (χ3n) is 7.53. The molecule has 6 rings (SSSR count). The SMILES string of the molecule is COc1ccc(C2=NN(C(=O)CSc3nnc(CNC(=O)c4cccs4)n3-c3cccc(C)c3)[C@@H](c3ccc(OC)cc3)C2)cc1. The molecule has 3 aromatic carbocycles. The molecule has 234 valence electrons. The van der Waals surface area contributed by atoms with E-state index in [2.05, 4.69) is 15.5 Å². The molecule has 0 fully saturated rings. The molecule has 1 atom stereocenters. The second-order valence-electron chi connectivity index (χ2n) is 10.5. The molecule has 0 bridgehead atoms. The first kappa shape index (κ1) is 31.1. The quantitative estimate of drug-likeness (QED) is 0.173. The molecule has 0 aliphatic carbocycles. The van der Waals surface area contributed by atoms with E-state index in [1.54, 1.807) is 25.3 Å². The number of thioether (sulfide) groups is 1. The van der Waals surface area contributed by atoms with Crippen LogP contribution < -0.4 is 14.8 Å². The van der Waals surface area contributed by atoms with E-state index in [4.69, 9.17) is 14.6 Å². The first-order valence-corrected chi connectivity index (χ1v) is 16.4. The van der Waals surface area contributed by atoms with Crippen LogP contribution >= 0.6 is 23.1 Å². The van der Waals surface area contributed by atoms with Crippen molar-refractivity contribution in [1.82, 2.24) is 25.1 Å². The van der Waals surface area contributed by atoms with Crippen LogP contribution in [-0.4, -0.2) is 57.3 Å². The number of hydrogen-bond acceptors (Lipinski definition) is 9. The zero-order valence-corrected chi connectivity index (χ0v) is 27.2. The number of hydrazone groups is 1. The summed E-state index contributed by atoms with van der Waals surface area (Å²) in [6.07, 6.45) is 0.558. The number of amides is 2. The number of thiophene rings is 1. The number of carbonyl (C=O) groups is 2.